The topological polar surface area (TPSA) is 59.4 Å². The van der Waals surface area contributed by atoms with Gasteiger partial charge in [0.25, 0.3) is 0 Å². The highest BCUT2D eigenvalue weighted by Gasteiger charge is 2.20. The van der Waals surface area contributed by atoms with Gasteiger partial charge in [0, 0.05) is 6.42 Å². The third-order valence-electron chi connectivity index (χ3n) is 2.89. The Hall–Kier alpha value is -0.800. The molecule has 0 aliphatic rings. The van der Waals surface area contributed by atoms with Crippen molar-refractivity contribution in [1.29, 1.82) is 0 Å². The molecule has 1 aromatic heterocycles. The maximum atomic E-state index is 9.96. The van der Waals surface area contributed by atoms with Gasteiger partial charge in [-0.05, 0) is 36.9 Å². The molecule has 0 bridgehead atoms. The summed E-state index contributed by atoms with van der Waals surface area (Å²) in [6.45, 7) is 4.72. The second kappa shape index (κ2) is 5.93. The Bertz CT molecular complexity index is 257. The van der Waals surface area contributed by atoms with Crippen LogP contribution >= 0.6 is 0 Å². The molecule has 1 aromatic rings. The molecular weight excluding hydrogens is 190 g/mol. The Morgan fingerprint density at radius 1 is 1.47 bits per heavy atom. The quantitative estimate of drug-likeness (QED) is 0.754. The third-order valence-corrected chi connectivity index (χ3v) is 2.89. The summed E-state index contributed by atoms with van der Waals surface area (Å²) < 4.78 is 5.22. The first-order chi connectivity index (χ1) is 7.15. The number of hydrogen-bond donors (Lipinski definition) is 2. The summed E-state index contributed by atoms with van der Waals surface area (Å²) in [7, 11) is 0. The lowest BCUT2D eigenvalue weighted by Crippen LogP contribution is -2.32. The maximum absolute atomic E-state index is 9.96. The Kier molecular flexibility index (Phi) is 4.85. The van der Waals surface area contributed by atoms with Crippen molar-refractivity contribution in [2.45, 2.75) is 32.8 Å². The Labute approximate surface area is 91.3 Å². The molecule has 0 spiro atoms. The van der Waals surface area contributed by atoms with E-state index < -0.39 is 0 Å². The van der Waals surface area contributed by atoms with Crippen LogP contribution in [-0.2, 0) is 6.42 Å². The molecule has 3 heteroatoms. The van der Waals surface area contributed by atoms with E-state index in [-0.39, 0.29) is 12.0 Å². The lowest BCUT2D eigenvalue weighted by molar-refractivity contribution is 0.0773. The van der Waals surface area contributed by atoms with Crippen molar-refractivity contribution in [3.63, 3.8) is 0 Å². The molecule has 0 aliphatic heterocycles. The van der Waals surface area contributed by atoms with E-state index in [2.05, 4.69) is 13.8 Å². The average molecular weight is 211 g/mol. The minimum atomic E-state index is -0.333. The van der Waals surface area contributed by atoms with Crippen LogP contribution in [0.25, 0.3) is 0 Å². The van der Waals surface area contributed by atoms with Crippen LogP contribution in [0.1, 0.15) is 26.0 Å². The number of aryl methyl sites for hydroxylation is 1. The van der Waals surface area contributed by atoms with Gasteiger partial charge in [-0.25, -0.2) is 0 Å². The summed E-state index contributed by atoms with van der Waals surface area (Å²) in [4.78, 5) is 0. The van der Waals surface area contributed by atoms with E-state index in [1.165, 1.54) is 0 Å². The molecule has 1 heterocycles. The van der Waals surface area contributed by atoms with E-state index >= 15 is 0 Å². The largest absolute Gasteiger partial charge is 0.469 e. The van der Waals surface area contributed by atoms with Gasteiger partial charge in [0.2, 0.25) is 0 Å². The summed E-state index contributed by atoms with van der Waals surface area (Å²) in [6, 6.07) is 3.80. The third kappa shape index (κ3) is 3.68. The zero-order valence-electron chi connectivity index (χ0n) is 9.52. The highest BCUT2D eigenvalue weighted by Crippen LogP contribution is 2.18. The molecule has 0 fully saturated rings. The van der Waals surface area contributed by atoms with Crippen LogP contribution in [0.2, 0.25) is 0 Å². The lowest BCUT2D eigenvalue weighted by Gasteiger charge is -2.24. The molecule has 0 amide bonds. The predicted molar refractivity (Wildman–Crippen MR) is 60.4 cm³/mol. The molecule has 15 heavy (non-hydrogen) atoms. The van der Waals surface area contributed by atoms with E-state index in [9.17, 15) is 5.11 Å². The van der Waals surface area contributed by atoms with Crippen LogP contribution in [-0.4, -0.2) is 17.8 Å². The summed E-state index contributed by atoms with van der Waals surface area (Å²) >= 11 is 0. The molecule has 0 saturated heterocycles. The standard InChI is InChI=1S/C12H21NO2/c1-9(2)11(8-13)12(14)6-5-10-4-3-7-15-10/h3-4,7,9,11-12,14H,5-6,8,13H2,1-2H3. The van der Waals surface area contributed by atoms with Gasteiger partial charge < -0.3 is 15.3 Å². The zero-order chi connectivity index (χ0) is 11.3. The van der Waals surface area contributed by atoms with Crippen molar-refractivity contribution in [3.8, 4) is 0 Å². The molecular formula is C12H21NO2. The molecule has 0 aromatic carbocycles. The normalized spacial score (nSPS) is 15.5. The fraction of sp³-hybridized carbons (Fsp3) is 0.667. The van der Waals surface area contributed by atoms with E-state index in [0.29, 0.717) is 18.9 Å². The van der Waals surface area contributed by atoms with Gasteiger partial charge in [-0.1, -0.05) is 13.8 Å². The summed E-state index contributed by atoms with van der Waals surface area (Å²) in [6.07, 6.45) is 2.82. The predicted octanol–water partition coefficient (Wildman–Crippen LogP) is 1.80. The molecule has 86 valence electrons. The summed E-state index contributed by atoms with van der Waals surface area (Å²) in [5, 5.41) is 9.96. The zero-order valence-corrected chi connectivity index (χ0v) is 9.52. The number of hydrogen-bond acceptors (Lipinski definition) is 3. The van der Waals surface area contributed by atoms with Crippen LogP contribution in [0.15, 0.2) is 22.8 Å². The highest BCUT2D eigenvalue weighted by atomic mass is 16.3. The van der Waals surface area contributed by atoms with Crippen LogP contribution in [0.3, 0.4) is 0 Å². The van der Waals surface area contributed by atoms with Crippen LogP contribution in [0.4, 0.5) is 0 Å². The van der Waals surface area contributed by atoms with Crippen molar-refractivity contribution in [1.82, 2.24) is 0 Å². The Morgan fingerprint density at radius 2 is 2.20 bits per heavy atom. The van der Waals surface area contributed by atoms with Crippen molar-refractivity contribution in [2.24, 2.45) is 17.6 Å². The molecule has 3 nitrogen and oxygen atoms in total. The van der Waals surface area contributed by atoms with Gasteiger partial charge >= 0.3 is 0 Å². The maximum Gasteiger partial charge on any atom is 0.103 e. The van der Waals surface area contributed by atoms with Crippen LogP contribution < -0.4 is 5.73 Å². The van der Waals surface area contributed by atoms with Crippen molar-refractivity contribution in [3.05, 3.63) is 24.2 Å². The molecule has 0 radical (unpaired) electrons. The molecule has 2 atom stereocenters. The first-order valence-electron chi connectivity index (χ1n) is 5.55. The van der Waals surface area contributed by atoms with Gasteiger partial charge in [0.1, 0.15) is 5.76 Å². The summed E-state index contributed by atoms with van der Waals surface area (Å²) in [5.74, 6) is 1.52. The van der Waals surface area contributed by atoms with E-state index in [4.69, 9.17) is 10.2 Å². The van der Waals surface area contributed by atoms with Crippen molar-refractivity contribution < 1.29 is 9.52 Å². The van der Waals surface area contributed by atoms with Gasteiger partial charge in [-0.15, -0.1) is 0 Å². The van der Waals surface area contributed by atoms with Crippen LogP contribution in [0, 0.1) is 11.8 Å². The second-order valence-electron chi connectivity index (χ2n) is 4.33. The number of furan rings is 1. The van der Waals surface area contributed by atoms with E-state index in [0.717, 1.165) is 12.2 Å². The average Bonchev–Trinajstić information content (AvgIpc) is 2.67. The highest BCUT2D eigenvalue weighted by molar-refractivity contribution is 4.98. The Morgan fingerprint density at radius 3 is 2.67 bits per heavy atom. The van der Waals surface area contributed by atoms with E-state index in [1.807, 2.05) is 12.1 Å². The van der Waals surface area contributed by atoms with Gasteiger partial charge in [-0.2, -0.15) is 0 Å². The van der Waals surface area contributed by atoms with Crippen molar-refractivity contribution >= 4 is 0 Å². The minimum Gasteiger partial charge on any atom is -0.469 e. The second-order valence-corrected chi connectivity index (χ2v) is 4.33. The smallest absolute Gasteiger partial charge is 0.103 e. The number of nitrogens with two attached hydrogens (primary N) is 1. The molecule has 0 saturated carbocycles. The van der Waals surface area contributed by atoms with E-state index in [1.54, 1.807) is 6.26 Å². The number of aliphatic hydroxyl groups excluding tert-OH is 1. The number of rotatable bonds is 6. The molecule has 3 N–H and O–H groups in total. The molecule has 2 unspecified atom stereocenters. The van der Waals surface area contributed by atoms with Crippen molar-refractivity contribution in [2.75, 3.05) is 6.54 Å². The lowest BCUT2D eigenvalue weighted by atomic mass is 9.88. The monoisotopic (exact) mass is 211 g/mol. The first-order valence-corrected chi connectivity index (χ1v) is 5.55. The SMILES string of the molecule is CC(C)C(CN)C(O)CCc1ccco1. The minimum absolute atomic E-state index is 0.181. The van der Waals surface area contributed by atoms with Gasteiger partial charge in [0.15, 0.2) is 0 Å². The molecule has 1 rings (SSSR count). The fourth-order valence-corrected chi connectivity index (χ4v) is 1.83. The summed E-state index contributed by atoms with van der Waals surface area (Å²) in [5.41, 5.74) is 5.64. The van der Waals surface area contributed by atoms with Crippen LogP contribution in [0.5, 0.6) is 0 Å². The molecule has 0 aliphatic carbocycles. The van der Waals surface area contributed by atoms with Gasteiger partial charge in [0.05, 0.1) is 12.4 Å². The number of aliphatic hydroxyl groups is 1. The fourth-order valence-electron chi connectivity index (χ4n) is 1.83. The Balaban J connectivity index is 2.37. The van der Waals surface area contributed by atoms with Gasteiger partial charge in [-0.3, -0.25) is 0 Å². The first kappa shape index (κ1) is 12.3.